The Kier molecular flexibility index (Phi) is 4.44. The molecule has 18 heavy (non-hydrogen) atoms. The molecule has 2 nitrogen and oxygen atoms in total. The number of hydrogen-bond donors (Lipinski definition) is 1. The first-order chi connectivity index (χ1) is 8.22. The van der Waals surface area contributed by atoms with Crippen molar-refractivity contribution in [2.24, 2.45) is 5.73 Å². The molecule has 1 rings (SSSR count). The van der Waals surface area contributed by atoms with Gasteiger partial charge in [-0.05, 0) is 35.4 Å². The van der Waals surface area contributed by atoms with Gasteiger partial charge in [0.2, 0.25) is 0 Å². The number of methoxy groups -OCH3 is 1. The lowest BCUT2D eigenvalue weighted by atomic mass is 9.77. The van der Waals surface area contributed by atoms with Crippen molar-refractivity contribution < 1.29 is 4.74 Å². The summed E-state index contributed by atoms with van der Waals surface area (Å²) in [7, 11) is 1.73. The Bertz CT molecular complexity index is 402. The normalized spacial score (nSPS) is 12.6. The molecule has 1 aromatic carbocycles. The Hall–Kier alpha value is -1.02. The van der Waals surface area contributed by atoms with Crippen LogP contribution in [0.15, 0.2) is 18.2 Å². The lowest BCUT2D eigenvalue weighted by Crippen LogP contribution is -2.23. The summed E-state index contributed by atoms with van der Waals surface area (Å²) < 4.78 is 5.50. The van der Waals surface area contributed by atoms with Crippen molar-refractivity contribution in [2.75, 3.05) is 13.7 Å². The maximum Gasteiger partial charge on any atom is 0.122 e. The van der Waals surface area contributed by atoms with Gasteiger partial charge in [0.25, 0.3) is 0 Å². The van der Waals surface area contributed by atoms with Crippen molar-refractivity contribution >= 4 is 0 Å². The summed E-state index contributed by atoms with van der Waals surface area (Å²) in [5.74, 6) is 0.960. The topological polar surface area (TPSA) is 35.2 Å². The van der Waals surface area contributed by atoms with Gasteiger partial charge in [-0.3, -0.25) is 0 Å². The standard InChI is InChI=1S/C16H27NO/c1-15(2,3)12-7-8-14(18-6)13(11-12)16(4,5)9-10-17/h7-8,11H,9-10,17H2,1-6H3. The molecule has 2 heteroatoms. The number of rotatable bonds is 4. The lowest BCUT2D eigenvalue weighted by Gasteiger charge is -2.29. The third-order valence-electron chi connectivity index (χ3n) is 3.56. The lowest BCUT2D eigenvalue weighted by molar-refractivity contribution is 0.385. The summed E-state index contributed by atoms with van der Waals surface area (Å²) in [6, 6.07) is 6.50. The Labute approximate surface area is 112 Å². The SMILES string of the molecule is COc1ccc(C(C)(C)C)cc1C(C)(C)CCN. The molecule has 0 saturated heterocycles. The zero-order chi connectivity index (χ0) is 14.0. The average Bonchev–Trinajstić information content (AvgIpc) is 2.27. The van der Waals surface area contributed by atoms with Crippen LogP contribution in [0.2, 0.25) is 0 Å². The molecule has 0 spiro atoms. The zero-order valence-corrected chi connectivity index (χ0v) is 12.6. The van der Waals surface area contributed by atoms with E-state index in [1.165, 1.54) is 11.1 Å². The molecule has 2 N–H and O–H groups in total. The Morgan fingerprint density at radius 3 is 2.17 bits per heavy atom. The van der Waals surface area contributed by atoms with Crippen LogP contribution in [0.5, 0.6) is 5.75 Å². The van der Waals surface area contributed by atoms with Gasteiger partial charge in [0, 0.05) is 5.56 Å². The molecule has 0 bridgehead atoms. The van der Waals surface area contributed by atoms with Crippen LogP contribution >= 0.6 is 0 Å². The summed E-state index contributed by atoms with van der Waals surface area (Å²) in [5, 5.41) is 0. The molecule has 0 atom stereocenters. The highest BCUT2D eigenvalue weighted by Crippen LogP contribution is 2.37. The van der Waals surface area contributed by atoms with Crippen LogP contribution in [-0.4, -0.2) is 13.7 Å². The molecule has 0 saturated carbocycles. The van der Waals surface area contributed by atoms with Crippen LogP contribution in [0.25, 0.3) is 0 Å². The van der Waals surface area contributed by atoms with E-state index >= 15 is 0 Å². The molecule has 0 aromatic heterocycles. The van der Waals surface area contributed by atoms with E-state index < -0.39 is 0 Å². The zero-order valence-electron chi connectivity index (χ0n) is 12.6. The molecule has 0 aliphatic heterocycles. The van der Waals surface area contributed by atoms with Gasteiger partial charge >= 0.3 is 0 Å². The van der Waals surface area contributed by atoms with Gasteiger partial charge in [-0.2, -0.15) is 0 Å². The molecular formula is C16H27NO. The molecule has 0 unspecified atom stereocenters. The predicted octanol–water partition coefficient (Wildman–Crippen LogP) is 3.62. The summed E-state index contributed by atoms with van der Waals surface area (Å²) in [6.07, 6.45) is 0.955. The smallest absolute Gasteiger partial charge is 0.122 e. The van der Waals surface area contributed by atoms with Crippen molar-refractivity contribution in [3.63, 3.8) is 0 Å². The molecule has 0 heterocycles. The van der Waals surface area contributed by atoms with Crippen LogP contribution in [0.4, 0.5) is 0 Å². The highest BCUT2D eigenvalue weighted by Gasteiger charge is 2.26. The highest BCUT2D eigenvalue weighted by molar-refractivity contribution is 5.43. The fourth-order valence-corrected chi connectivity index (χ4v) is 2.20. The third-order valence-corrected chi connectivity index (χ3v) is 3.56. The van der Waals surface area contributed by atoms with Gasteiger partial charge in [-0.15, -0.1) is 0 Å². The van der Waals surface area contributed by atoms with Crippen molar-refractivity contribution in [1.29, 1.82) is 0 Å². The molecule has 1 aromatic rings. The van der Waals surface area contributed by atoms with Gasteiger partial charge in [0.1, 0.15) is 5.75 Å². The molecule has 0 radical (unpaired) electrons. The molecule has 102 valence electrons. The molecule has 0 amide bonds. The van der Waals surface area contributed by atoms with Crippen molar-refractivity contribution in [1.82, 2.24) is 0 Å². The van der Waals surface area contributed by atoms with Crippen LogP contribution in [0.1, 0.15) is 52.2 Å². The minimum Gasteiger partial charge on any atom is -0.496 e. The molecular weight excluding hydrogens is 222 g/mol. The molecule has 0 aliphatic carbocycles. The van der Waals surface area contributed by atoms with Crippen LogP contribution in [0.3, 0.4) is 0 Å². The Morgan fingerprint density at radius 2 is 1.72 bits per heavy atom. The van der Waals surface area contributed by atoms with E-state index in [2.05, 4.69) is 52.8 Å². The summed E-state index contributed by atoms with van der Waals surface area (Å²) >= 11 is 0. The number of benzene rings is 1. The van der Waals surface area contributed by atoms with E-state index in [1.54, 1.807) is 7.11 Å². The van der Waals surface area contributed by atoms with Gasteiger partial charge in [0.15, 0.2) is 0 Å². The second-order valence-electron chi connectivity index (χ2n) is 6.59. The van der Waals surface area contributed by atoms with Gasteiger partial charge < -0.3 is 10.5 Å². The van der Waals surface area contributed by atoms with Crippen molar-refractivity contribution in [3.05, 3.63) is 29.3 Å². The first kappa shape index (κ1) is 15.0. The number of hydrogen-bond acceptors (Lipinski definition) is 2. The second-order valence-corrected chi connectivity index (χ2v) is 6.59. The third kappa shape index (κ3) is 3.26. The maximum absolute atomic E-state index is 5.73. The van der Waals surface area contributed by atoms with Crippen LogP contribution in [-0.2, 0) is 10.8 Å². The van der Waals surface area contributed by atoms with Crippen molar-refractivity contribution in [2.45, 2.75) is 51.9 Å². The quantitative estimate of drug-likeness (QED) is 0.884. The summed E-state index contributed by atoms with van der Waals surface area (Å²) in [5.41, 5.74) is 8.51. The number of ether oxygens (including phenoxy) is 1. The van der Waals surface area contributed by atoms with E-state index in [0.717, 1.165) is 12.2 Å². The predicted molar refractivity (Wildman–Crippen MR) is 78.4 cm³/mol. The van der Waals surface area contributed by atoms with E-state index in [4.69, 9.17) is 10.5 Å². The highest BCUT2D eigenvalue weighted by atomic mass is 16.5. The fourth-order valence-electron chi connectivity index (χ4n) is 2.20. The van der Waals surface area contributed by atoms with E-state index in [-0.39, 0.29) is 10.8 Å². The maximum atomic E-state index is 5.73. The Balaban J connectivity index is 3.31. The average molecular weight is 249 g/mol. The minimum absolute atomic E-state index is 0.0430. The van der Waals surface area contributed by atoms with Gasteiger partial charge in [-0.1, -0.05) is 46.8 Å². The van der Waals surface area contributed by atoms with Gasteiger partial charge in [0.05, 0.1) is 7.11 Å². The summed E-state index contributed by atoms with van der Waals surface area (Å²) in [4.78, 5) is 0. The van der Waals surface area contributed by atoms with E-state index in [9.17, 15) is 0 Å². The monoisotopic (exact) mass is 249 g/mol. The van der Waals surface area contributed by atoms with E-state index in [1.807, 2.05) is 0 Å². The molecule has 0 fully saturated rings. The largest absolute Gasteiger partial charge is 0.496 e. The summed E-state index contributed by atoms with van der Waals surface area (Å²) in [6.45, 7) is 11.8. The van der Waals surface area contributed by atoms with Crippen molar-refractivity contribution in [3.8, 4) is 5.75 Å². The van der Waals surface area contributed by atoms with Gasteiger partial charge in [-0.25, -0.2) is 0 Å². The number of nitrogens with two attached hydrogens (primary N) is 1. The van der Waals surface area contributed by atoms with E-state index in [0.29, 0.717) is 6.54 Å². The first-order valence-corrected chi connectivity index (χ1v) is 6.61. The van der Waals surface area contributed by atoms with Crippen LogP contribution < -0.4 is 10.5 Å². The second kappa shape index (κ2) is 5.31. The molecule has 0 aliphatic rings. The first-order valence-electron chi connectivity index (χ1n) is 6.61. The minimum atomic E-state index is 0.0430. The Morgan fingerprint density at radius 1 is 1.11 bits per heavy atom. The van der Waals surface area contributed by atoms with Crippen LogP contribution in [0, 0.1) is 0 Å². The fraction of sp³-hybridized carbons (Fsp3) is 0.625.